The molecule has 0 spiro atoms. The summed E-state index contributed by atoms with van der Waals surface area (Å²) in [6.07, 6.45) is 1.25. The Morgan fingerprint density at radius 3 is 2.75 bits per heavy atom. The topological polar surface area (TPSA) is 112 Å². The Balaban J connectivity index is 2.22. The molecule has 0 saturated carbocycles. The summed E-state index contributed by atoms with van der Waals surface area (Å²) in [5.41, 5.74) is -0.645. The van der Waals surface area contributed by atoms with Crippen molar-refractivity contribution in [1.29, 1.82) is 0 Å². The lowest BCUT2D eigenvalue weighted by Gasteiger charge is -2.25. The highest BCUT2D eigenvalue weighted by Gasteiger charge is 2.39. The van der Waals surface area contributed by atoms with E-state index < -0.39 is 27.4 Å². The molecule has 24 heavy (non-hydrogen) atoms. The average molecular weight is 388 g/mol. The van der Waals surface area contributed by atoms with Crippen molar-refractivity contribution in [3.05, 3.63) is 50.9 Å². The summed E-state index contributed by atoms with van der Waals surface area (Å²) in [6, 6.07) is 5.60. The predicted molar refractivity (Wildman–Crippen MR) is 86.0 cm³/mol. The molecule has 0 radical (unpaired) electrons. The first-order valence-electron chi connectivity index (χ1n) is 6.41. The molecule has 2 aromatic rings. The van der Waals surface area contributed by atoms with Crippen LogP contribution in [0.5, 0.6) is 0 Å². The number of aliphatic hydroxyl groups is 1. The van der Waals surface area contributed by atoms with E-state index in [1.54, 1.807) is 0 Å². The first-order valence-corrected chi connectivity index (χ1v) is 9.05. The van der Waals surface area contributed by atoms with Crippen molar-refractivity contribution in [3.63, 3.8) is 0 Å². The zero-order chi connectivity index (χ0) is 17.6. The van der Waals surface area contributed by atoms with Gasteiger partial charge in [-0.05, 0) is 18.2 Å². The summed E-state index contributed by atoms with van der Waals surface area (Å²) < 4.78 is 26.4. The van der Waals surface area contributed by atoms with E-state index in [4.69, 9.17) is 11.6 Å². The Hall–Kier alpha value is -2.30. The van der Waals surface area contributed by atoms with Gasteiger partial charge < -0.3 is 10.3 Å². The summed E-state index contributed by atoms with van der Waals surface area (Å²) in [7, 11) is -2.91. The number of fused-ring (bicyclic) bond motifs is 1. The van der Waals surface area contributed by atoms with Crippen molar-refractivity contribution in [3.8, 4) is 0 Å². The summed E-state index contributed by atoms with van der Waals surface area (Å²) >= 11 is 6.66. The van der Waals surface area contributed by atoms with Crippen LogP contribution in [0.3, 0.4) is 0 Å². The van der Waals surface area contributed by atoms with Gasteiger partial charge in [0.2, 0.25) is 0 Å². The van der Waals surface area contributed by atoms with E-state index in [1.165, 1.54) is 30.5 Å². The molecule has 0 saturated heterocycles. The number of rotatable bonds is 1. The van der Waals surface area contributed by atoms with Gasteiger partial charge in [-0.3, -0.25) is 9.10 Å². The molecular formula is C13H10ClN3O5S2. The third-order valence-corrected chi connectivity index (χ3v) is 6.48. The van der Waals surface area contributed by atoms with Gasteiger partial charge in [0.05, 0.1) is 9.21 Å². The fourth-order valence-electron chi connectivity index (χ4n) is 2.13. The number of likely N-dealkylation sites (N-methyl/N-ethyl adjacent to an activating group) is 1. The molecule has 0 aliphatic carbocycles. The van der Waals surface area contributed by atoms with Crippen LogP contribution in [-0.2, 0) is 14.8 Å². The average Bonchev–Trinajstić information content (AvgIpc) is 2.91. The lowest BCUT2D eigenvalue weighted by atomic mass is 10.3. The van der Waals surface area contributed by atoms with Crippen molar-refractivity contribution in [2.75, 3.05) is 7.05 Å². The Morgan fingerprint density at radius 1 is 1.38 bits per heavy atom. The van der Waals surface area contributed by atoms with Crippen LogP contribution in [-0.4, -0.2) is 40.7 Å². The minimum absolute atomic E-state index is 0.0263. The summed E-state index contributed by atoms with van der Waals surface area (Å²) in [5.74, 6) is -1.56. The summed E-state index contributed by atoms with van der Waals surface area (Å²) in [4.78, 5) is 15.9. The minimum atomic E-state index is -4.04. The minimum Gasteiger partial charge on any atom is -0.504 e. The molecule has 0 atom stereocenters. The standard InChI is InChI=1S/C13H10ClN3O5S2/c1-16-10(13(19)15-9-4-2-3-5-17(9)20)11(18)12-7(24(16,21)22)6-8(14)23-12/h2-6,18,20H,1H3. The molecule has 3 rings (SSSR count). The zero-order valence-electron chi connectivity index (χ0n) is 12.0. The number of aliphatic hydroxyl groups excluding tert-OH is 1. The van der Waals surface area contributed by atoms with E-state index in [9.17, 15) is 23.5 Å². The van der Waals surface area contributed by atoms with Crippen LogP contribution in [0.15, 0.2) is 46.0 Å². The molecule has 3 heterocycles. The number of sulfonamides is 1. The fourth-order valence-corrected chi connectivity index (χ4v) is 5.08. The number of thiophene rings is 1. The van der Waals surface area contributed by atoms with E-state index in [-0.39, 0.29) is 19.6 Å². The molecule has 126 valence electrons. The number of halogens is 1. The molecule has 0 unspecified atom stereocenters. The molecule has 1 aliphatic rings. The zero-order valence-corrected chi connectivity index (χ0v) is 14.4. The quantitative estimate of drug-likeness (QED) is 0.719. The van der Waals surface area contributed by atoms with Gasteiger partial charge in [0.25, 0.3) is 15.9 Å². The van der Waals surface area contributed by atoms with Crippen LogP contribution in [0.1, 0.15) is 4.88 Å². The number of hydrogen-bond donors (Lipinski definition) is 2. The molecule has 0 aromatic carbocycles. The Kier molecular flexibility index (Phi) is 3.90. The van der Waals surface area contributed by atoms with E-state index in [2.05, 4.69) is 4.99 Å². The molecular weight excluding hydrogens is 378 g/mol. The van der Waals surface area contributed by atoms with Crippen molar-refractivity contribution >= 4 is 44.6 Å². The number of carbonyl (C=O) groups is 1. The molecule has 1 amide bonds. The Bertz CT molecular complexity index is 1050. The second-order valence-electron chi connectivity index (χ2n) is 4.73. The lowest BCUT2D eigenvalue weighted by Crippen LogP contribution is -2.34. The summed E-state index contributed by atoms with van der Waals surface area (Å²) in [5, 5.41) is 19.9. The van der Waals surface area contributed by atoms with E-state index in [1.807, 2.05) is 0 Å². The van der Waals surface area contributed by atoms with E-state index >= 15 is 0 Å². The van der Waals surface area contributed by atoms with Crippen LogP contribution < -0.4 is 5.49 Å². The van der Waals surface area contributed by atoms with Crippen LogP contribution in [0.4, 0.5) is 0 Å². The third-order valence-electron chi connectivity index (χ3n) is 3.30. The SMILES string of the molecule is CN1C(C(=O)N=c2ccccn2O)=C(O)c2sc(Cl)cc2S1(=O)=O. The van der Waals surface area contributed by atoms with E-state index in [0.29, 0.717) is 9.04 Å². The van der Waals surface area contributed by atoms with Crippen LogP contribution in [0.25, 0.3) is 5.76 Å². The maximum atomic E-state index is 12.5. The van der Waals surface area contributed by atoms with Gasteiger partial charge in [-0.15, -0.1) is 11.3 Å². The number of nitrogens with zero attached hydrogens (tertiary/aromatic N) is 3. The van der Waals surface area contributed by atoms with Crippen LogP contribution in [0.2, 0.25) is 4.34 Å². The first-order chi connectivity index (χ1) is 11.2. The fraction of sp³-hybridized carbons (Fsp3) is 0.0769. The van der Waals surface area contributed by atoms with E-state index in [0.717, 1.165) is 18.4 Å². The molecule has 0 bridgehead atoms. The Morgan fingerprint density at radius 2 is 2.08 bits per heavy atom. The number of carbonyl (C=O) groups excluding carboxylic acids is 1. The largest absolute Gasteiger partial charge is 0.504 e. The monoisotopic (exact) mass is 387 g/mol. The second-order valence-corrected chi connectivity index (χ2v) is 8.36. The summed E-state index contributed by atoms with van der Waals surface area (Å²) in [6.45, 7) is 0. The van der Waals surface area contributed by atoms with Gasteiger partial charge in [-0.2, -0.15) is 9.72 Å². The highest BCUT2D eigenvalue weighted by atomic mass is 35.5. The number of hydrogen-bond acceptors (Lipinski definition) is 6. The van der Waals surface area contributed by atoms with Gasteiger partial charge in [0, 0.05) is 13.2 Å². The third kappa shape index (κ3) is 2.48. The van der Waals surface area contributed by atoms with Crippen molar-refractivity contribution < 1.29 is 23.5 Å². The Labute approximate surface area is 145 Å². The van der Waals surface area contributed by atoms with Crippen LogP contribution in [0, 0.1) is 0 Å². The first kappa shape index (κ1) is 16.6. The number of aromatic nitrogens is 1. The predicted octanol–water partition coefficient (Wildman–Crippen LogP) is 1.43. The van der Waals surface area contributed by atoms with Gasteiger partial charge in [0.1, 0.15) is 4.90 Å². The molecule has 0 fully saturated rings. The molecule has 2 N–H and O–H groups in total. The normalized spacial score (nSPS) is 17.1. The van der Waals surface area contributed by atoms with Gasteiger partial charge in [0.15, 0.2) is 16.9 Å². The molecule has 8 nitrogen and oxygen atoms in total. The van der Waals surface area contributed by atoms with Crippen molar-refractivity contribution in [2.45, 2.75) is 4.90 Å². The molecule has 1 aliphatic heterocycles. The highest BCUT2D eigenvalue weighted by Crippen LogP contribution is 2.41. The maximum Gasteiger partial charge on any atom is 0.300 e. The van der Waals surface area contributed by atoms with Gasteiger partial charge in [-0.1, -0.05) is 17.7 Å². The van der Waals surface area contributed by atoms with Crippen molar-refractivity contribution in [2.24, 2.45) is 4.99 Å². The lowest BCUT2D eigenvalue weighted by molar-refractivity contribution is -0.115. The number of amides is 1. The molecule has 2 aromatic heterocycles. The molecule has 11 heteroatoms. The highest BCUT2D eigenvalue weighted by molar-refractivity contribution is 7.89. The van der Waals surface area contributed by atoms with Gasteiger partial charge in [-0.25, -0.2) is 8.42 Å². The van der Waals surface area contributed by atoms with Crippen molar-refractivity contribution in [1.82, 2.24) is 9.04 Å². The smallest absolute Gasteiger partial charge is 0.300 e. The van der Waals surface area contributed by atoms with Crippen LogP contribution >= 0.6 is 22.9 Å². The maximum absolute atomic E-state index is 12.5. The van der Waals surface area contributed by atoms with Gasteiger partial charge >= 0.3 is 0 Å². The number of pyridine rings is 1. The second kappa shape index (κ2) is 5.65.